The second-order valence-corrected chi connectivity index (χ2v) is 6.17. The van der Waals surface area contributed by atoms with E-state index in [1.54, 1.807) is 0 Å². The molecular weight excluding hydrogens is 144 g/mol. The van der Waals surface area contributed by atoms with Gasteiger partial charge in [0.15, 0.2) is 0 Å². The summed E-state index contributed by atoms with van der Waals surface area (Å²) in [6, 6.07) is 0. The van der Waals surface area contributed by atoms with Crippen molar-refractivity contribution in [2.45, 2.75) is 48.0 Å². The fraction of sp³-hybridized carbons (Fsp3) is 1.00. The van der Waals surface area contributed by atoms with Crippen LogP contribution in [0.4, 0.5) is 0 Å². The summed E-state index contributed by atoms with van der Waals surface area (Å²) in [7, 11) is 0. The van der Waals surface area contributed by atoms with Crippen LogP contribution in [0.15, 0.2) is 0 Å². The monoisotopic (exact) mass is 166 g/mol. The summed E-state index contributed by atoms with van der Waals surface area (Å²) in [6.45, 7) is 14.8. The number of hydrogen-bond donors (Lipinski definition) is 0. The van der Waals surface area contributed by atoms with Gasteiger partial charge in [0, 0.05) is 0 Å². The summed E-state index contributed by atoms with van der Waals surface area (Å²) in [5.74, 6) is 1.85. The van der Waals surface area contributed by atoms with E-state index in [1.807, 2.05) is 0 Å². The quantitative estimate of drug-likeness (QED) is 0.514. The van der Waals surface area contributed by atoms with Gasteiger partial charge in [-0.1, -0.05) is 41.5 Å². The fourth-order valence-electron chi connectivity index (χ4n) is 4.65. The number of hydrogen-bond acceptors (Lipinski definition) is 0. The Balaban J connectivity index is 2.37. The molecule has 2 aliphatic rings. The van der Waals surface area contributed by atoms with Gasteiger partial charge in [-0.05, 0) is 34.5 Å². The average molecular weight is 166 g/mol. The van der Waals surface area contributed by atoms with Crippen LogP contribution in [0.25, 0.3) is 0 Å². The first-order valence-corrected chi connectivity index (χ1v) is 5.28. The molecular formula is C12H22. The van der Waals surface area contributed by atoms with Crippen molar-refractivity contribution in [3.05, 3.63) is 0 Å². The molecule has 0 saturated heterocycles. The van der Waals surface area contributed by atoms with E-state index in [-0.39, 0.29) is 0 Å². The Hall–Kier alpha value is 0. The molecule has 2 aliphatic carbocycles. The smallest absolute Gasteiger partial charge is 0.0189 e. The Morgan fingerprint density at radius 3 is 1.75 bits per heavy atom. The molecule has 0 radical (unpaired) electrons. The lowest BCUT2D eigenvalue weighted by Gasteiger charge is -2.82. The van der Waals surface area contributed by atoms with Gasteiger partial charge in [0.05, 0.1) is 0 Å². The molecule has 2 saturated carbocycles. The maximum Gasteiger partial charge on any atom is -0.0189 e. The molecule has 0 N–H and O–H groups in total. The second kappa shape index (κ2) is 1.76. The predicted octanol–water partition coefficient (Wildman–Crippen LogP) is 3.71. The fourth-order valence-corrected chi connectivity index (χ4v) is 4.65. The van der Waals surface area contributed by atoms with Crippen LogP contribution in [0.5, 0.6) is 0 Å². The van der Waals surface area contributed by atoms with Gasteiger partial charge in [0.25, 0.3) is 0 Å². The maximum atomic E-state index is 2.50. The molecule has 4 unspecified atom stereocenters. The lowest BCUT2D eigenvalue weighted by molar-refractivity contribution is -0.341. The van der Waals surface area contributed by atoms with Crippen molar-refractivity contribution in [1.29, 1.82) is 0 Å². The molecule has 0 amide bonds. The van der Waals surface area contributed by atoms with Crippen molar-refractivity contribution in [2.75, 3.05) is 0 Å². The minimum absolute atomic E-state index is 0.569. The third-order valence-corrected chi connectivity index (χ3v) is 6.28. The summed E-state index contributed by atoms with van der Waals surface area (Å²) in [5, 5.41) is 0. The minimum Gasteiger partial charge on any atom is -0.0619 e. The van der Waals surface area contributed by atoms with Crippen molar-refractivity contribution < 1.29 is 0 Å². The number of rotatable bonds is 0. The Bertz CT molecular complexity index is 215. The van der Waals surface area contributed by atoms with Crippen molar-refractivity contribution in [3.63, 3.8) is 0 Å². The molecule has 0 aromatic carbocycles. The topological polar surface area (TPSA) is 0 Å². The van der Waals surface area contributed by atoms with E-state index < -0.39 is 0 Å². The third kappa shape index (κ3) is 0.482. The van der Waals surface area contributed by atoms with Gasteiger partial charge in [0.2, 0.25) is 0 Å². The first-order valence-electron chi connectivity index (χ1n) is 5.28. The maximum absolute atomic E-state index is 2.50. The molecule has 0 heterocycles. The highest BCUT2D eigenvalue weighted by Crippen LogP contribution is 2.83. The van der Waals surface area contributed by atoms with E-state index in [9.17, 15) is 0 Å². The highest BCUT2D eigenvalue weighted by molar-refractivity contribution is 5.24. The van der Waals surface area contributed by atoms with Gasteiger partial charge < -0.3 is 0 Å². The van der Waals surface area contributed by atoms with Gasteiger partial charge in [-0.2, -0.15) is 0 Å². The molecule has 2 fully saturated rings. The predicted molar refractivity (Wildman–Crippen MR) is 52.9 cm³/mol. The summed E-state index contributed by atoms with van der Waals surface area (Å²) < 4.78 is 0. The van der Waals surface area contributed by atoms with Crippen LogP contribution in [-0.4, -0.2) is 0 Å². The summed E-state index contributed by atoms with van der Waals surface area (Å²) in [5.41, 5.74) is 1.86. The van der Waals surface area contributed by atoms with E-state index in [0.717, 1.165) is 11.8 Å². The van der Waals surface area contributed by atoms with E-state index in [2.05, 4.69) is 41.5 Å². The molecule has 2 rings (SSSR count). The van der Waals surface area contributed by atoms with Crippen LogP contribution >= 0.6 is 0 Å². The van der Waals surface area contributed by atoms with E-state index in [1.165, 1.54) is 6.42 Å². The molecule has 0 spiro atoms. The summed E-state index contributed by atoms with van der Waals surface area (Å²) in [6.07, 6.45) is 1.45. The van der Waals surface area contributed by atoms with Crippen molar-refractivity contribution in [3.8, 4) is 0 Å². The molecule has 0 aromatic heterocycles. The molecule has 0 nitrogen and oxygen atoms in total. The van der Waals surface area contributed by atoms with Gasteiger partial charge in [-0.3, -0.25) is 0 Å². The van der Waals surface area contributed by atoms with Crippen LogP contribution in [0.3, 0.4) is 0 Å². The largest absolute Gasteiger partial charge is 0.0619 e. The third-order valence-electron chi connectivity index (χ3n) is 6.28. The highest BCUT2D eigenvalue weighted by Gasteiger charge is 2.76. The van der Waals surface area contributed by atoms with Gasteiger partial charge in [0.1, 0.15) is 0 Å². The standard InChI is InChI=1S/C12H22/c1-8-7-11(5)9(2)10(3,4)12(8,11)6/h8-9H,7H2,1-6H3. The Kier molecular flexibility index (Phi) is 1.26. The lowest BCUT2D eigenvalue weighted by atomic mass is 9.22. The first-order chi connectivity index (χ1) is 5.28. The Labute approximate surface area is 76.7 Å². The normalized spacial score (nSPS) is 61.5. The van der Waals surface area contributed by atoms with Gasteiger partial charge in [-0.25, -0.2) is 0 Å². The van der Waals surface area contributed by atoms with Crippen LogP contribution in [-0.2, 0) is 0 Å². The SMILES string of the molecule is CC1C(C)(C)C2(C)C(C)CC12C. The van der Waals surface area contributed by atoms with E-state index >= 15 is 0 Å². The Morgan fingerprint density at radius 1 is 1.00 bits per heavy atom. The van der Waals surface area contributed by atoms with Crippen LogP contribution < -0.4 is 0 Å². The zero-order valence-corrected chi connectivity index (χ0v) is 9.36. The molecule has 0 aliphatic heterocycles. The van der Waals surface area contributed by atoms with E-state index in [0.29, 0.717) is 16.2 Å². The summed E-state index contributed by atoms with van der Waals surface area (Å²) >= 11 is 0. The van der Waals surface area contributed by atoms with E-state index in [4.69, 9.17) is 0 Å². The van der Waals surface area contributed by atoms with Crippen LogP contribution in [0, 0.1) is 28.1 Å². The molecule has 70 valence electrons. The molecule has 0 heteroatoms. The summed E-state index contributed by atoms with van der Waals surface area (Å²) in [4.78, 5) is 0. The minimum atomic E-state index is 0.569. The zero-order chi connectivity index (χ0) is 9.36. The zero-order valence-electron chi connectivity index (χ0n) is 9.36. The highest BCUT2D eigenvalue weighted by atomic mass is 14.8. The van der Waals surface area contributed by atoms with Gasteiger partial charge >= 0.3 is 0 Å². The second-order valence-electron chi connectivity index (χ2n) is 6.17. The van der Waals surface area contributed by atoms with Crippen LogP contribution in [0.1, 0.15) is 48.0 Å². The van der Waals surface area contributed by atoms with Crippen molar-refractivity contribution in [1.82, 2.24) is 0 Å². The average Bonchev–Trinajstić information content (AvgIpc) is 2.00. The van der Waals surface area contributed by atoms with Crippen molar-refractivity contribution >= 4 is 0 Å². The molecule has 4 atom stereocenters. The van der Waals surface area contributed by atoms with Crippen molar-refractivity contribution in [2.24, 2.45) is 28.1 Å². The molecule has 12 heavy (non-hydrogen) atoms. The lowest BCUT2D eigenvalue weighted by Crippen LogP contribution is -2.76. The van der Waals surface area contributed by atoms with Gasteiger partial charge in [-0.15, -0.1) is 0 Å². The molecule has 0 bridgehead atoms. The molecule has 0 aromatic rings. The number of fused-ring (bicyclic) bond motifs is 1. The van der Waals surface area contributed by atoms with Crippen LogP contribution in [0.2, 0.25) is 0 Å². The Morgan fingerprint density at radius 2 is 1.50 bits per heavy atom. The first kappa shape index (κ1) is 8.59.